The average molecular weight is 573 g/mol. The quantitative estimate of drug-likeness (QED) is 0.101. The predicted molar refractivity (Wildman–Crippen MR) is 142 cm³/mol. The minimum atomic E-state index is -4.65. The Labute approximate surface area is 229 Å². The molecule has 1 heterocycles. The maximum atomic E-state index is 12.9. The van der Waals surface area contributed by atoms with Crippen LogP contribution >= 0.6 is 0 Å². The molecule has 4 N–H and O–H groups in total. The van der Waals surface area contributed by atoms with Gasteiger partial charge in [0, 0.05) is 31.5 Å². The second kappa shape index (κ2) is 16.1. The van der Waals surface area contributed by atoms with Gasteiger partial charge in [-0.05, 0) is 25.7 Å². The SMILES string of the molecule is CCC(=O)[C@H](C)NC(=O)[C@@H](NC(=O)[C@H](CS(=O)(=O)O)NC(=O)CCCCCCCN1C(=O)C=CC1=O)C(C)C. The van der Waals surface area contributed by atoms with Crippen LogP contribution in [0.3, 0.4) is 0 Å². The van der Waals surface area contributed by atoms with Crippen molar-refractivity contribution in [3.8, 4) is 0 Å². The lowest BCUT2D eigenvalue weighted by Crippen LogP contribution is -2.58. The summed E-state index contributed by atoms with van der Waals surface area (Å²) in [5.74, 6) is -4.59. The van der Waals surface area contributed by atoms with Crippen LogP contribution < -0.4 is 16.0 Å². The van der Waals surface area contributed by atoms with Gasteiger partial charge >= 0.3 is 0 Å². The molecule has 3 atom stereocenters. The Bertz CT molecular complexity index is 1040. The molecule has 0 saturated heterocycles. The lowest BCUT2D eigenvalue weighted by molar-refractivity contribution is -0.137. The van der Waals surface area contributed by atoms with Crippen LogP contribution in [-0.2, 0) is 38.9 Å². The zero-order chi connectivity index (χ0) is 29.8. The third-order valence-electron chi connectivity index (χ3n) is 6.15. The molecule has 0 unspecified atom stereocenters. The third-order valence-corrected chi connectivity index (χ3v) is 6.91. The van der Waals surface area contributed by atoms with E-state index >= 15 is 0 Å². The Hall–Kier alpha value is -3.13. The lowest BCUT2D eigenvalue weighted by atomic mass is 10.0. The summed E-state index contributed by atoms with van der Waals surface area (Å²) in [6, 6.07) is -3.54. The van der Waals surface area contributed by atoms with E-state index in [4.69, 9.17) is 0 Å². The Morgan fingerprint density at radius 2 is 1.44 bits per heavy atom. The van der Waals surface area contributed by atoms with Crippen LogP contribution in [0.2, 0.25) is 0 Å². The lowest BCUT2D eigenvalue weighted by Gasteiger charge is -2.26. The molecule has 1 rings (SSSR count). The number of unbranched alkanes of at least 4 members (excludes halogenated alkanes) is 4. The van der Waals surface area contributed by atoms with E-state index in [0.29, 0.717) is 25.8 Å². The molecule has 220 valence electrons. The average Bonchev–Trinajstić information content (AvgIpc) is 3.16. The van der Waals surface area contributed by atoms with Crippen LogP contribution in [0.5, 0.6) is 0 Å². The third kappa shape index (κ3) is 12.5. The van der Waals surface area contributed by atoms with Gasteiger partial charge < -0.3 is 16.0 Å². The molecule has 13 nitrogen and oxygen atoms in total. The van der Waals surface area contributed by atoms with Crippen LogP contribution in [0.1, 0.15) is 72.6 Å². The molecular weight excluding hydrogens is 532 g/mol. The molecule has 0 radical (unpaired) electrons. The molecule has 0 saturated carbocycles. The molecule has 0 bridgehead atoms. The van der Waals surface area contributed by atoms with E-state index in [-0.39, 0.29) is 30.4 Å². The zero-order valence-electron chi connectivity index (χ0n) is 22.9. The summed E-state index contributed by atoms with van der Waals surface area (Å²) < 4.78 is 32.3. The fraction of sp³-hybridized carbons (Fsp3) is 0.680. The molecule has 1 aliphatic rings. The molecule has 0 aromatic heterocycles. The van der Waals surface area contributed by atoms with Gasteiger partial charge in [0.2, 0.25) is 17.7 Å². The first-order valence-corrected chi connectivity index (χ1v) is 14.7. The van der Waals surface area contributed by atoms with Crippen LogP contribution in [0, 0.1) is 5.92 Å². The van der Waals surface area contributed by atoms with E-state index in [9.17, 15) is 41.7 Å². The highest BCUT2D eigenvalue weighted by Gasteiger charge is 2.32. The summed E-state index contributed by atoms with van der Waals surface area (Å²) in [7, 11) is -4.65. The van der Waals surface area contributed by atoms with Gasteiger partial charge in [0.15, 0.2) is 5.78 Å². The van der Waals surface area contributed by atoms with E-state index in [1.165, 1.54) is 19.1 Å². The van der Waals surface area contributed by atoms with Crippen molar-refractivity contribution in [1.29, 1.82) is 0 Å². The van der Waals surface area contributed by atoms with Crippen molar-refractivity contribution in [3.63, 3.8) is 0 Å². The number of Topliss-reactive ketones (excluding diaryl/α,β-unsaturated/α-hetero) is 1. The molecule has 5 amide bonds. The zero-order valence-corrected chi connectivity index (χ0v) is 23.7. The number of carbonyl (C=O) groups is 6. The van der Waals surface area contributed by atoms with Gasteiger partial charge in [0.1, 0.15) is 17.8 Å². The van der Waals surface area contributed by atoms with Crippen molar-refractivity contribution < 1.29 is 41.7 Å². The Morgan fingerprint density at radius 3 is 1.97 bits per heavy atom. The first-order valence-electron chi connectivity index (χ1n) is 13.1. The fourth-order valence-corrected chi connectivity index (χ4v) is 4.53. The molecule has 39 heavy (non-hydrogen) atoms. The van der Waals surface area contributed by atoms with Crippen molar-refractivity contribution in [2.45, 2.75) is 90.8 Å². The molecular formula is C25H40N4O9S. The molecule has 0 fully saturated rings. The summed E-state index contributed by atoms with van der Waals surface area (Å²) in [4.78, 5) is 73.9. The monoisotopic (exact) mass is 572 g/mol. The van der Waals surface area contributed by atoms with Gasteiger partial charge in [-0.25, -0.2) is 0 Å². The van der Waals surface area contributed by atoms with Gasteiger partial charge in [0.05, 0.1) is 6.04 Å². The Balaban J connectivity index is 2.59. The molecule has 1 aliphatic heterocycles. The van der Waals surface area contributed by atoms with Gasteiger partial charge in [-0.1, -0.05) is 40.0 Å². The van der Waals surface area contributed by atoms with Crippen LogP contribution in [0.4, 0.5) is 0 Å². The van der Waals surface area contributed by atoms with Gasteiger partial charge in [-0.2, -0.15) is 8.42 Å². The highest BCUT2D eigenvalue weighted by atomic mass is 32.2. The predicted octanol–water partition coefficient (Wildman–Crippen LogP) is 0.249. The summed E-state index contributed by atoms with van der Waals surface area (Å²) in [6.45, 7) is 6.77. The van der Waals surface area contributed by atoms with E-state index < -0.39 is 57.6 Å². The summed E-state index contributed by atoms with van der Waals surface area (Å²) >= 11 is 0. The first kappa shape index (κ1) is 33.9. The second-order valence-corrected chi connectivity index (χ2v) is 11.3. The summed E-state index contributed by atoms with van der Waals surface area (Å²) in [6.07, 6.45) is 5.83. The number of hydrogen-bond acceptors (Lipinski definition) is 8. The number of amides is 5. The summed E-state index contributed by atoms with van der Waals surface area (Å²) in [5, 5.41) is 7.24. The molecule has 0 aromatic carbocycles. The topological polar surface area (TPSA) is 196 Å². The maximum absolute atomic E-state index is 12.9. The number of imide groups is 1. The number of hydrogen-bond donors (Lipinski definition) is 4. The molecule has 14 heteroatoms. The van der Waals surface area contributed by atoms with E-state index in [1.807, 2.05) is 0 Å². The van der Waals surface area contributed by atoms with E-state index in [0.717, 1.165) is 17.7 Å². The summed E-state index contributed by atoms with van der Waals surface area (Å²) in [5.41, 5.74) is 0. The first-order chi connectivity index (χ1) is 18.2. The van der Waals surface area contributed by atoms with Crippen LogP contribution in [0.15, 0.2) is 12.2 Å². The highest BCUT2D eigenvalue weighted by molar-refractivity contribution is 7.85. The van der Waals surface area contributed by atoms with Crippen molar-refractivity contribution in [2.75, 3.05) is 12.3 Å². The normalized spacial score (nSPS) is 15.7. The Morgan fingerprint density at radius 1 is 0.872 bits per heavy atom. The smallest absolute Gasteiger partial charge is 0.267 e. The largest absolute Gasteiger partial charge is 0.345 e. The standard InChI is InChI=1S/C25H40N4O9S/c1-5-19(30)17(4)26-25(35)23(16(2)3)28-24(34)18(15-39(36,37)38)27-20(31)11-9-7-6-8-10-14-29-21(32)12-13-22(29)33/h12-13,16-18,23H,5-11,14-15H2,1-4H3,(H,26,35)(H,27,31)(H,28,34)(H,36,37,38)/t17-,18-,23-/m0/s1. The number of nitrogens with zero attached hydrogens (tertiary/aromatic N) is 1. The van der Waals surface area contributed by atoms with Crippen LogP contribution in [-0.4, -0.2) is 83.6 Å². The number of ketones is 1. The maximum Gasteiger partial charge on any atom is 0.267 e. The molecule has 0 spiro atoms. The number of carbonyl (C=O) groups excluding carboxylic acids is 6. The van der Waals surface area contributed by atoms with Gasteiger partial charge in [-0.3, -0.25) is 38.2 Å². The second-order valence-electron chi connectivity index (χ2n) is 9.83. The van der Waals surface area contributed by atoms with Crippen molar-refractivity contribution in [1.82, 2.24) is 20.9 Å². The fourth-order valence-electron chi connectivity index (χ4n) is 3.88. The minimum absolute atomic E-state index is 0.00693. The van der Waals surface area contributed by atoms with Crippen molar-refractivity contribution in [2.24, 2.45) is 5.92 Å². The van der Waals surface area contributed by atoms with E-state index in [1.54, 1.807) is 20.8 Å². The minimum Gasteiger partial charge on any atom is -0.345 e. The number of rotatable bonds is 18. The van der Waals surface area contributed by atoms with E-state index in [2.05, 4.69) is 16.0 Å². The number of nitrogens with one attached hydrogen (secondary N) is 3. The molecule has 0 aliphatic carbocycles. The Kier molecular flexibility index (Phi) is 14.0. The van der Waals surface area contributed by atoms with Gasteiger partial charge in [0.25, 0.3) is 21.9 Å². The molecule has 0 aromatic rings. The van der Waals surface area contributed by atoms with Gasteiger partial charge in [-0.15, -0.1) is 0 Å². The highest BCUT2D eigenvalue weighted by Crippen LogP contribution is 2.10. The van der Waals surface area contributed by atoms with Crippen LogP contribution in [0.25, 0.3) is 0 Å². The van der Waals surface area contributed by atoms with Crippen molar-refractivity contribution >= 4 is 45.4 Å². The van der Waals surface area contributed by atoms with Crippen molar-refractivity contribution in [3.05, 3.63) is 12.2 Å².